The van der Waals surface area contributed by atoms with Gasteiger partial charge in [0.25, 0.3) is 5.91 Å². The third-order valence-electron chi connectivity index (χ3n) is 4.78. The molecule has 0 bridgehead atoms. The monoisotopic (exact) mass is 327 g/mol. The number of rotatable bonds is 3. The van der Waals surface area contributed by atoms with E-state index in [1.54, 1.807) is 12.1 Å². The van der Waals surface area contributed by atoms with Gasteiger partial charge in [0.15, 0.2) is 5.76 Å². The molecule has 0 unspecified atom stereocenters. The summed E-state index contributed by atoms with van der Waals surface area (Å²) < 4.78 is 11.3. The zero-order chi connectivity index (χ0) is 16.4. The second kappa shape index (κ2) is 6.75. The highest BCUT2D eigenvalue weighted by Crippen LogP contribution is 2.25. The Morgan fingerprint density at radius 1 is 1.21 bits per heavy atom. The van der Waals surface area contributed by atoms with Crippen molar-refractivity contribution in [2.75, 3.05) is 32.8 Å². The van der Waals surface area contributed by atoms with Crippen molar-refractivity contribution in [2.24, 2.45) is 5.92 Å². The maximum atomic E-state index is 12.5. The van der Waals surface area contributed by atoms with Gasteiger partial charge in [-0.25, -0.2) is 0 Å². The summed E-state index contributed by atoms with van der Waals surface area (Å²) >= 11 is 0. The first-order chi connectivity index (χ1) is 11.8. The first-order valence-electron chi connectivity index (χ1n) is 8.35. The summed E-state index contributed by atoms with van der Waals surface area (Å²) in [5, 5.41) is 0. The quantitative estimate of drug-likeness (QED) is 0.858. The van der Waals surface area contributed by atoms with Crippen LogP contribution in [0.3, 0.4) is 0 Å². The Hall–Kier alpha value is -2.18. The zero-order valence-electron chi connectivity index (χ0n) is 13.5. The molecule has 0 radical (unpaired) electrons. The van der Waals surface area contributed by atoms with Gasteiger partial charge in [-0.3, -0.25) is 14.7 Å². The molecule has 2 aromatic heterocycles. The molecule has 0 aliphatic carbocycles. The van der Waals surface area contributed by atoms with Crippen LogP contribution >= 0.6 is 0 Å². The van der Waals surface area contributed by atoms with Gasteiger partial charge < -0.3 is 14.1 Å². The van der Waals surface area contributed by atoms with Crippen molar-refractivity contribution in [3.05, 3.63) is 54.2 Å². The number of fused-ring (bicyclic) bond motifs is 1. The fraction of sp³-hybridized carbons (Fsp3) is 0.444. The molecule has 2 aliphatic heterocycles. The standard InChI is InChI=1S/C18H21N3O3/c22-18(16-2-1-8-23-16)21-7-9-24-17-13-20(11-15(17)12-21)10-14-3-5-19-6-4-14/h1-6,8,15,17H,7,9-13H2/t15-,17-/m0/s1. The number of amides is 1. The third kappa shape index (κ3) is 3.20. The molecule has 24 heavy (non-hydrogen) atoms. The van der Waals surface area contributed by atoms with Crippen LogP contribution in [0.4, 0.5) is 0 Å². The van der Waals surface area contributed by atoms with Gasteiger partial charge >= 0.3 is 0 Å². The summed E-state index contributed by atoms with van der Waals surface area (Å²) in [6.45, 7) is 4.67. The summed E-state index contributed by atoms with van der Waals surface area (Å²) in [4.78, 5) is 20.8. The number of hydrogen-bond donors (Lipinski definition) is 0. The molecule has 6 nitrogen and oxygen atoms in total. The number of carbonyl (C=O) groups is 1. The normalized spacial score (nSPS) is 24.6. The fourth-order valence-electron chi connectivity index (χ4n) is 3.60. The molecule has 2 atom stereocenters. The Labute approximate surface area is 141 Å². The van der Waals surface area contributed by atoms with Crippen LogP contribution in [-0.4, -0.2) is 59.6 Å². The highest BCUT2D eigenvalue weighted by Gasteiger charge is 2.37. The molecule has 0 N–H and O–H groups in total. The van der Waals surface area contributed by atoms with Crippen LogP contribution in [0.15, 0.2) is 47.3 Å². The van der Waals surface area contributed by atoms with Crippen LogP contribution in [0.25, 0.3) is 0 Å². The molecule has 126 valence electrons. The molecule has 1 amide bonds. The van der Waals surface area contributed by atoms with E-state index < -0.39 is 0 Å². The Balaban J connectivity index is 1.41. The van der Waals surface area contributed by atoms with E-state index in [4.69, 9.17) is 9.15 Å². The Bertz CT molecular complexity index is 674. The van der Waals surface area contributed by atoms with Gasteiger partial charge in [-0.1, -0.05) is 0 Å². The minimum Gasteiger partial charge on any atom is -0.459 e. The number of nitrogens with zero attached hydrogens (tertiary/aromatic N) is 3. The number of likely N-dealkylation sites (tertiary alicyclic amines) is 1. The van der Waals surface area contributed by atoms with Crippen molar-refractivity contribution in [3.63, 3.8) is 0 Å². The highest BCUT2D eigenvalue weighted by molar-refractivity contribution is 5.91. The van der Waals surface area contributed by atoms with E-state index in [1.807, 2.05) is 29.4 Å². The van der Waals surface area contributed by atoms with E-state index in [9.17, 15) is 4.79 Å². The van der Waals surface area contributed by atoms with Crippen LogP contribution in [0, 0.1) is 5.92 Å². The summed E-state index contributed by atoms with van der Waals surface area (Å²) in [7, 11) is 0. The average Bonchev–Trinajstić information content (AvgIpc) is 3.21. The summed E-state index contributed by atoms with van der Waals surface area (Å²) in [6, 6.07) is 7.55. The van der Waals surface area contributed by atoms with Crippen molar-refractivity contribution in [2.45, 2.75) is 12.6 Å². The SMILES string of the molecule is O=C(c1ccco1)N1CCO[C@H]2CN(Cc3ccncc3)C[C@H]2C1. The van der Waals surface area contributed by atoms with E-state index in [1.165, 1.54) is 11.8 Å². The van der Waals surface area contributed by atoms with E-state index in [-0.39, 0.29) is 12.0 Å². The van der Waals surface area contributed by atoms with Crippen LogP contribution in [0.5, 0.6) is 0 Å². The van der Waals surface area contributed by atoms with Gasteiger partial charge in [-0.05, 0) is 29.8 Å². The highest BCUT2D eigenvalue weighted by atomic mass is 16.5. The minimum absolute atomic E-state index is 0.0446. The number of furan rings is 1. The lowest BCUT2D eigenvalue weighted by molar-refractivity contribution is 0.0498. The van der Waals surface area contributed by atoms with E-state index in [0.29, 0.717) is 24.8 Å². The maximum Gasteiger partial charge on any atom is 0.289 e. The zero-order valence-corrected chi connectivity index (χ0v) is 13.5. The number of aromatic nitrogens is 1. The van der Waals surface area contributed by atoms with Crippen molar-refractivity contribution in [1.29, 1.82) is 0 Å². The molecular weight excluding hydrogens is 306 g/mol. The van der Waals surface area contributed by atoms with Crippen molar-refractivity contribution in [3.8, 4) is 0 Å². The first kappa shape index (κ1) is 15.4. The lowest BCUT2D eigenvalue weighted by atomic mass is 10.1. The number of pyridine rings is 1. The van der Waals surface area contributed by atoms with Crippen LogP contribution < -0.4 is 0 Å². The molecular formula is C18H21N3O3. The Kier molecular flexibility index (Phi) is 4.32. The smallest absolute Gasteiger partial charge is 0.289 e. The molecule has 2 aromatic rings. The lowest BCUT2D eigenvalue weighted by Gasteiger charge is -2.22. The van der Waals surface area contributed by atoms with Crippen LogP contribution in [0.2, 0.25) is 0 Å². The number of hydrogen-bond acceptors (Lipinski definition) is 5. The van der Waals surface area contributed by atoms with Gasteiger partial charge in [-0.2, -0.15) is 0 Å². The minimum atomic E-state index is -0.0446. The molecule has 6 heteroatoms. The molecule has 0 aromatic carbocycles. The van der Waals surface area contributed by atoms with Gasteiger partial charge in [0.05, 0.1) is 19.0 Å². The summed E-state index contributed by atoms with van der Waals surface area (Å²) in [6.07, 6.45) is 5.38. The van der Waals surface area contributed by atoms with Gasteiger partial charge in [0.1, 0.15) is 0 Å². The second-order valence-corrected chi connectivity index (χ2v) is 6.45. The van der Waals surface area contributed by atoms with Crippen molar-refractivity contribution in [1.82, 2.24) is 14.8 Å². The predicted octanol–water partition coefficient (Wildman–Crippen LogP) is 1.65. The topological polar surface area (TPSA) is 58.8 Å². The largest absolute Gasteiger partial charge is 0.459 e. The predicted molar refractivity (Wildman–Crippen MR) is 87.4 cm³/mol. The molecule has 0 spiro atoms. The number of ether oxygens (including phenoxy) is 1. The van der Waals surface area contributed by atoms with Crippen LogP contribution in [0.1, 0.15) is 16.1 Å². The molecule has 2 aliphatic rings. The lowest BCUT2D eigenvalue weighted by Crippen LogP contribution is -2.37. The van der Waals surface area contributed by atoms with Crippen molar-refractivity contribution >= 4 is 5.91 Å². The summed E-state index contributed by atoms with van der Waals surface area (Å²) in [5.41, 5.74) is 1.25. The van der Waals surface area contributed by atoms with Crippen LogP contribution in [-0.2, 0) is 11.3 Å². The molecule has 4 heterocycles. The maximum absolute atomic E-state index is 12.5. The molecule has 4 rings (SSSR count). The summed E-state index contributed by atoms with van der Waals surface area (Å²) in [5.74, 6) is 0.699. The molecule has 2 saturated heterocycles. The molecule has 2 fully saturated rings. The van der Waals surface area contributed by atoms with E-state index in [2.05, 4.69) is 9.88 Å². The number of carbonyl (C=O) groups excluding carboxylic acids is 1. The Morgan fingerprint density at radius 3 is 2.88 bits per heavy atom. The first-order valence-corrected chi connectivity index (χ1v) is 8.35. The van der Waals surface area contributed by atoms with Gasteiger partial charge in [-0.15, -0.1) is 0 Å². The fourth-order valence-corrected chi connectivity index (χ4v) is 3.60. The van der Waals surface area contributed by atoms with E-state index >= 15 is 0 Å². The van der Waals surface area contributed by atoms with E-state index in [0.717, 1.165) is 26.2 Å². The van der Waals surface area contributed by atoms with Crippen molar-refractivity contribution < 1.29 is 13.9 Å². The second-order valence-electron chi connectivity index (χ2n) is 6.45. The third-order valence-corrected chi connectivity index (χ3v) is 4.78. The molecule has 0 saturated carbocycles. The van der Waals surface area contributed by atoms with Gasteiger partial charge in [0, 0.05) is 51.0 Å². The van der Waals surface area contributed by atoms with Gasteiger partial charge in [0.2, 0.25) is 0 Å². The Morgan fingerprint density at radius 2 is 2.08 bits per heavy atom. The average molecular weight is 327 g/mol.